The molecule has 1 fully saturated rings. The third-order valence-electron chi connectivity index (χ3n) is 3.79. The molecule has 102 valence electrons. The minimum atomic E-state index is -0.982. The van der Waals surface area contributed by atoms with E-state index in [1.807, 2.05) is 0 Å². The van der Waals surface area contributed by atoms with Crippen LogP contribution in [-0.4, -0.2) is 32.0 Å². The Balaban J connectivity index is 2.13. The number of hydrogen-bond acceptors (Lipinski definition) is 4. The SMILES string of the molecule is NC1=N[C@@]2(c3ccccc3F)COC(CF)[C@H]2CO1. The first-order valence-corrected chi connectivity index (χ1v) is 6.08. The maximum Gasteiger partial charge on any atom is 0.282 e. The highest BCUT2D eigenvalue weighted by Gasteiger charge is 2.54. The van der Waals surface area contributed by atoms with Crippen molar-refractivity contribution in [2.45, 2.75) is 11.6 Å². The summed E-state index contributed by atoms with van der Waals surface area (Å²) in [5, 5.41) is 0. The Bertz CT molecular complexity index is 523. The zero-order valence-electron chi connectivity index (χ0n) is 10.2. The summed E-state index contributed by atoms with van der Waals surface area (Å²) in [5.41, 5.74) is 5.00. The second-order valence-corrected chi connectivity index (χ2v) is 4.78. The lowest BCUT2D eigenvalue weighted by Crippen LogP contribution is -2.45. The second-order valence-electron chi connectivity index (χ2n) is 4.78. The summed E-state index contributed by atoms with van der Waals surface area (Å²) in [4.78, 5) is 4.25. The number of ether oxygens (including phenoxy) is 2. The molecule has 19 heavy (non-hydrogen) atoms. The summed E-state index contributed by atoms with van der Waals surface area (Å²) in [6.45, 7) is -0.366. The number of fused-ring (bicyclic) bond motifs is 1. The first-order chi connectivity index (χ1) is 9.17. The maximum absolute atomic E-state index is 14.1. The Morgan fingerprint density at radius 1 is 1.42 bits per heavy atom. The number of rotatable bonds is 2. The molecule has 0 bridgehead atoms. The Hall–Kier alpha value is -1.69. The summed E-state index contributed by atoms with van der Waals surface area (Å²) >= 11 is 0. The van der Waals surface area contributed by atoms with Crippen LogP contribution in [0.5, 0.6) is 0 Å². The Labute approximate surface area is 109 Å². The molecule has 1 aromatic rings. The Morgan fingerprint density at radius 2 is 2.21 bits per heavy atom. The average Bonchev–Trinajstić information content (AvgIpc) is 2.77. The minimum absolute atomic E-state index is 0.0115. The summed E-state index contributed by atoms with van der Waals surface area (Å²) in [6.07, 6.45) is -0.642. The average molecular weight is 268 g/mol. The normalized spacial score (nSPS) is 33.5. The molecule has 0 radical (unpaired) electrons. The van der Waals surface area contributed by atoms with Crippen molar-refractivity contribution in [2.75, 3.05) is 19.9 Å². The molecule has 3 rings (SSSR count). The molecule has 6 heteroatoms. The third kappa shape index (κ3) is 1.78. The molecular weight excluding hydrogens is 254 g/mol. The van der Waals surface area contributed by atoms with E-state index < -0.39 is 24.1 Å². The molecule has 0 amide bonds. The van der Waals surface area contributed by atoms with E-state index in [1.54, 1.807) is 18.2 Å². The molecule has 2 aliphatic heterocycles. The Morgan fingerprint density at radius 3 is 2.95 bits per heavy atom. The van der Waals surface area contributed by atoms with Gasteiger partial charge in [0, 0.05) is 5.56 Å². The van der Waals surface area contributed by atoms with Gasteiger partial charge in [0.05, 0.1) is 25.2 Å². The van der Waals surface area contributed by atoms with E-state index in [4.69, 9.17) is 15.2 Å². The van der Waals surface area contributed by atoms with Crippen molar-refractivity contribution < 1.29 is 18.3 Å². The van der Waals surface area contributed by atoms with Crippen molar-refractivity contribution in [3.63, 3.8) is 0 Å². The summed E-state index contributed by atoms with van der Waals surface area (Å²) in [6, 6.07) is 6.29. The number of hydrogen-bond donors (Lipinski definition) is 1. The van der Waals surface area contributed by atoms with Gasteiger partial charge in [0.25, 0.3) is 6.02 Å². The molecule has 1 unspecified atom stereocenters. The van der Waals surface area contributed by atoms with Crippen molar-refractivity contribution in [2.24, 2.45) is 16.6 Å². The van der Waals surface area contributed by atoms with Crippen LogP contribution in [0.4, 0.5) is 8.78 Å². The summed E-state index contributed by atoms with van der Waals surface area (Å²) in [7, 11) is 0. The van der Waals surface area contributed by atoms with Crippen molar-refractivity contribution in [3.8, 4) is 0 Å². The van der Waals surface area contributed by atoms with Crippen LogP contribution in [0, 0.1) is 11.7 Å². The topological polar surface area (TPSA) is 56.8 Å². The lowest BCUT2D eigenvalue weighted by molar-refractivity contribution is 0.0528. The molecule has 2 heterocycles. The highest BCUT2D eigenvalue weighted by molar-refractivity contribution is 5.73. The number of halogens is 2. The fraction of sp³-hybridized carbons (Fsp3) is 0.462. The third-order valence-corrected chi connectivity index (χ3v) is 3.79. The highest BCUT2D eigenvalue weighted by Crippen LogP contribution is 2.45. The lowest BCUT2D eigenvalue weighted by atomic mass is 9.78. The van der Waals surface area contributed by atoms with E-state index in [1.165, 1.54) is 6.07 Å². The van der Waals surface area contributed by atoms with Crippen molar-refractivity contribution in [1.29, 1.82) is 0 Å². The molecule has 0 aliphatic carbocycles. The standard InChI is InChI=1S/C13H14F2N2O2/c14-5-11-9-6-18-12(16)17-13(9,7-19-11)8-3-1-2-4-10(8)15/h1-4,9,11H,5-7H2,(H2,16,17)/t9-,11?,13-/m1/s1. The van der Waals surface area contributed by atoms with E-state index in [0.717, 1.165) is 0 Å². The number of aliphatic imine (C=N–C) groups is 1. The molecule has 3 atom stereocenters. The number of nitrogens with zero attached hydrogens (tertiary/aromatic N) is 1. The van der Waals surface area contributed by atoms with Gasteiger partial charge in [-0.1, -0.05) is 18.2 Å². The summed E-state index contributed by atoms with van der Waals surface area (Å²) in [5.74, 6) is -0.768. The van der Waals surface area contributed by atoms with Crippen LogP contribution in [0.3, 0.4) is 0 Å². The van der Waals surface area contributed by atoms with Crippen LogP contribution in [0.1, 0.15) is 5.56 Å². The van der Waals surface area contributed by atoms with Gasteiger partial charge in [-0.2, -0.15) is 0 Å². The van der Waals surface area contributed by atoms with Crippen molar-refractivity contribution in [3.05, 3.63) is 35.6 Å². The predicted molar refractivity (Wildman–Crippen MR) is 64.9 cm³/mol. The van der Waals surface area contributed by atoms with Crippen molar-refractivity contribution in [1.82, 2.24) is 0 Å². The van der Waals surface area contributed by atoms with E-state index in [0.29, 0.717) is 5.56 Å². The monoisotopic (exact) mass is 268 g/mol. The van der Waals surface area contributed by atoms with Gasteiger partial charge in [-0.05, 0) is 6.07 Å². The van der Waals surface area contributed by atoms with Crippen molar-refractivity contribution >= 4 is 6.02 Å². The molecule has 0 spiro atoms. The number of alkyl halides is 1. The molecule has 0 saturated carbocycles. The largest absolute Gasteiger partial charge is 0.465 e. The van der Waals surface area contributed by atoms with E-state index >= 15 is 0 Å². The maximum atomic E-state index is 14.1. The second kappa shape index (κ2) is 4.45. The zero-order chi connectivity index (χ0) is 13.5. The molecule has 0 aromatic heterocycles. The zero-order valence-corrected chi connectivity index (χ0v) is 10.2. The molecule has 1 saturated heterocycles. The first kappa shape index (κ1) is 12.3. The van der Waals surface area contributed by atoms with Gasteiger partial charge in [-0.3, -0.25) is 0 Å². The number of nitrogens with two attached hydrogens (primary N) is 1. The van der Waals surface area contributed by atoms with Crippen LogP contribution in [0.25, 0.3) is 0 Å². The van der Waals surface area contributed by atoms with Crippen LogP contribution < -0.4 is 5.73 Å². The lowest BCUT2D eigenvalue weighted by Gasteiger charge is -2.35. The van der Waals surface area contributed by atoms with Crippen LogP contribution >= 0.6 is 0 Å². The van der Waals surface area contributed by atoms with Crippen LogP contribution in [-0.2, 0) is 15.0 Å². The van der Waals surface area contributed by atoms with Gasteiger partial charge < -0.3 is 15.2 Å². The first-order valence-electron chi connectivity index (χ1n) is 6.08. The molecule has 4 nitrogen and oxygen atoms in total. The molecule has 2 N–H and O–H groups in total. The van der Waals surface area contributed by atoms with Gasteiger partial charge in [0.2, 0.25) is 0 Å². The quantitative estimate of drug-likeness (QED) is 0.881. The highest BCUT2D eigenvalue weighted by atomic mass is 19.1. The van der Waals surface area contributed by atoms with Gasteiger partial charge >= 0.3 is 0 Å². The summed E-state index contributed by atoms with van der Waals surface area (Å²) < 4.78 is 37.7. The number of benzene rings is 1. The smallest absolute Gasteiger partial charge is 0.282 e. The fourth-order valence-corrected chi connectivity index (χ4v) is 2.83. The van der Waals surface area contributed by atoms with Crippen LogP contribution in [0.15, 0.2) is 29.3 Å². The minimum Gasteiger partial charge on any atom is -0.465 e. The fourth-order valence-electron chi connectivity index (χ4n) is 2.83. The predicted octanol–water partition coefficient (Wildman–Crippen LogP) is 1.35. The van der Waals surface area contributed by atoms with Gasteiger partial charge in [0.15, 0.2) is 0 Å². The van der Waals surface area contributed by atoms with E-state index in [9.17, 15) is 8.78 Å². The van der Waals surface area contributed by atoms with Gasteiger partial charge in [-0.25, -0.2) is 13.8 Å². The van der Waals surface area contributed by atoms with Crippen LogP contribution in [0.2, 0.25) is 0 Å². The van der Waals surface area contributed by atoms with Gasteiger partial charge in [0.1, 0.15) is 18.0 Å². The van der Waals surface area contributed by atoms with E-state index in [2.05, 4.69) is 4.99 Å². The molecule has 1 aromatic carbocycles. The Kier molecular flexibility index (Phi) is 2.89. The van der Waals surface area contributed by atoms with Gasteiger partial charge in [-0.15, -0.1) is 0 Å². The molecular formula is C13H14F2N2O2. The molecule has 2 aliphatic rings. The van der Waals surface area contributed by atoms with E-state index in [-0.39, 0.29) is 25.2 Å². The number of amidine groups is 1.